The first-order valence-corrected chi connectivity index (χ1v) is 43.2. The first kappa shape index (κ1) is 96.5. The molecule has 0 aromatic carbocycles. The smallest absolute Gasteiger partial charge is 0.462 e. The number of rotatable bonds is 76. The molecule has 0 saturated heterocycles. The standard InChI is InChI=1S/C81H146O17P2/c1-5-9-13-17-21-25-29-33-37-41-45-49-53-57-61-65-78(83)91-71-76(97-80(85)67-63-59-55-51-47-43-39-35-31-27-23-19-15-11-7-3)73-95-99(87,88)93-69-75(82)70-94-100(89,90)96-74-77(98-81(86)68-64-60-56-52-48-44-40-36-32-28-24-20-16-12-8-4)72-92-79(84)66-62-58-54-50-46-42-38-34-30-26-22-18-14-10-6-2/h21,25-26,30,33-40,75-77,82H,5-20,22-24,27-29,31-32,41-74H2,1-4H3,(H,87,88)(H,89,90)/b25-21-,30-26-,37-33-,38-34-,39-35-,40-36-/t75-,76+,77+/m0/s1. The van der Waals surface area contributed by atoms with Gasteiger partial charge in [-0.2, -0.15) is 0 Å². The van der Waals surface area contributed by atoms with Crippen LogP contribution in [0, 0.1) is 0 Å². The van der Waals surface area contributed by atoms with E-state index in [0.29, 0.717) is 25.7 Å². The lowest BCUT2D eigenvalue weighted by Crippen LogP contribution is -2.30. The van der Waals surface area contributed by atoms with Gasteiger partial charge in [0, 0.05) is 25.7 Å². The fraction of sp³-hybridized carbons (Fsp3) is 0.802. The quantitative estimate of drug-likeness (QED) is 0.0128. The third-order valence-electron chi connectivity index (χ3n) is 17.1. The molecule has 0 aliphatic carbocycles. The molecule has 100 heavy (non-hydrogen) atoms. The largest absolute Gasteiger partial charge is 0.472 e. The van der Waals surface area contributed by atoms with Gasteiger partial charge in [0.2, 0.25) is 0 Å². The fourth-order valence-electron chi connectivity index (χ4n) is 10.9. The lowest BCUT2D eigenvalue weighted by molar-refractivity contribution is -0.161. The Morgan fingerprint density at radius 1 is 0.290 bits per heavy atom. The average molecular weight is 1450 g/mol. The van der Waals surface area contributed by atoms with Crippen molar-refractivity contribution in [2.75, 3.05) is 39.6 Å². The van der Waals surface area contributed by atoms with Crippen molar-refractivity contribution in [1.82, 2.24) is 0 Å². The van der Waals surface area contributed by atoms with Gasteiger partial charge in [-0.05, 0) is 135 Å². The SMILES string of the molecule is CCCCC/C=C\C/C=C\CCCCCCCC(=O)OC[C@H](COP(=O)(O)OC[C@H](O)COP(=O)(O)OC[C@@H](COC(=O)CCCCCCC/C=C\C=C/CCCCCC)OC(=O)CCCCCCC/C=C\CCCCCCCC)OC(=O)CCCCCCC/C=C\CCCCCCCC. The number of ether oxygens (including phenoxy) is 4. The molecule has 19 heteroatoms. The maximum absolute atomic E-state index is 13.1. The van der Waals surface area contributed by atoms with Crippen LogP contribution in [0.1, 0.15) is 362 Å². The molecule has 0 spiro atoms. The van der Waals surface area contributed by atoms with Gasteiger partial charge < -0.3 is 33.8 Å². The van der Waals surface area contributed by atoms with Crippen molar-refractivity contribution in [3.05, 3.63) is 72.9 Å². The molecular weight excluding hydrogens is 1310 g/mol. The number of carbonyl (C=O) groups is 4. The zero-order chi connectivity index (χ0) is 73.2. The van der Waals surface area contributed by atoms with E-state index in [1.807, 2.05) is 0 Å². The van der Waals surface area contributed by atoms with Crippen LogP contribution in [0.5, 0.6) is 0 Å². The number of allylic oxidation sites excluding steroid dienone is 12. The highest BCUT2D eigenvalue weighted by atomic mass is 31.2. The summed E-state index contributed by atoms with van der Waals surface area (Å²) in [5.74, 6) is -2.20. The molecule has 0 saturated carbocycles. The molecule has 0 rings (SSSR count). The van der Waals surface area contributed by atoms with E-state index in [4.69, 9.17) is 37.0 Å². The van der Waals surface area contributed by atoms with Crippen LogP contribution in [-0.4, -0.2) is 96.7 Å². The Hall–Kier alpha value is -3.50. The second-order valence-electron chi connectivity index (χ2n) is 27.0. The predicted molar refractivity (Wildman–Crippen MR) is 409 cm³/mol. The molecule has 2 unspecified atom stereocenters. The van der Waals surface area contributed by atoms with Crippen LogP contribution in [0.25, 0.3) is 0 Å². The fourth-order valence-corrected chi connectivity index (χ4v) is 12.5. The average Bonchev–Trinajstić information content (AvgIpc) is 1.01. The van der Waals surface area contributed by atoms with E-state index >= 15 is 0 Å². The maximum Gasteiger partial charge on any atom is 0.472 e. The van der Waals surface area contributed by atoms with Gasteiger partial charge in [-0.3, -0.25) is 37.3 Å². The number of unbranched alkanes of at least 4 members (excludes halogenated alkanes) is 39. The molecule has 0 bridgehead atoms. The Morgan fingerprint density at radius 2 is 0.520 bits per heavy atom. The molecule has 5 atom stereocenters. The van der Waals surface area contributed by atoms with Crippen molar-refractivity contribution in [2.24, 2.45) is 0 Å². The van der Waals surface area contributed by atoms with Crippen molar-refractivity contribution in [1.29, 1.82) is 0 Å². The van der Waals surface area contributed by atoms with Crippen molar-refractivity contribution in [3.63, 3.8) is 0 Å². The van der Waals surface area contributed by atoms with E-state index in [0.717, 1.165) is 161 Å². The van der Waals surface area contributed by atoms with E-state index in [-0.39, 0.29) is 25.7 Å². The number of esters is 4. The van der Waals surface area contributed by atoms with Gasteiger partial charge >= 0.3 is 39.5 Å². The Balaban J connectivity index is 5.37. The number of phosphoric ester groups is 2. The summed E-state index contributed by atoms with van der Waals surface area (Å²) < 4.78 is 68.6. The Morgan fingerprint density at radius 3 is 0.840 bits per heavy atom. The minimum atomic E-state index is -4.98. The summed E-state index contributed by atoms with van der Waals surface area (Å²) in [7, 11) is -9.96. The summed E-state index contributed by atoms with van der Waals surface area (Å²) in [4.78, 5) is 73.0. The van der Waals surface area contributed by atoms with Gasteiger partial charge in [0.05, 0.1) is 26.4 Å². The highest BCUT2D eigenvalue weighted by Gasteiger charge is 2.30. The normalized spacial score (nSPS) is 14.3. The zero-order valence-electron chi connectivity index (χ0n) is 63.6. The van der Waals surface area contributed by atoms with Crippen molar-refractivity contribution in [3.8, 4) is 0 Å². The van der Waals surface area contributed by atoms with Gasteiger partial charge in [-0.1, -0.05) is 274 Å². The number of phosphoric acid groups is 2. The highest BCUT2D eigenvalue weighted by molar-refractivity contribution is 7.47. The van der Waals surface area contributed by atoms with Crippen LogP contribution in [-0.2, 0) is 65.4 Å². The number of hydrogen-bond donors (Lipinski definition) is 3. The van der Waals surface area contributed by atoms with Crippen molar-refractivity contribution >= 4 is 39.5 Å². The third-order valence-corrected chi connectivity index (χ3v) is 19.0. The Labute approximate surface area is 609 Å². The number of aliphatic hydroxyl groups is 1. The topological polar surface area (TPSA) is 237 Å². The zero-order valence-corrected chi connectivity index (χ0v) is 65.4. The molecule has 0 aliphatic rings. The monoisotopic (exact) mass is 1450 g/mol. The molecule has 582 valence electrons. The van der Waals surface area contributed by atoms with Crippen molar-refractivity contribution in [2.45, 2.75) is 380 Å². The van der Waals surface area contributed by atoms with Crippen LogP contribution >= 0.6 is 15.6 Å². The van der Waals surface area contributed by atoms with E-state index in [9.17, 15) is 43.2 Å². The molecule has 3 N–H and O–H groups in total. The number of carbonyl (C=O) groups excluding carboxylic acids is 4. The second kappa shape index (κ2) is 73.8. The maximum atomic E-state index is 13.1. The second-order valence-corrected chi connectivity index (χ2v) is 29.9. The molecular formula is C81H146O17P2. The van der Waals surface area contributed by atoms with E-state index < -0.39 is 97.5 Å². The third kappa shape index (κ3) is 72.8. The van der Waals surface area contributed by atoms with Gasteiger partial charge in [0.15, 0.2) is 12.2 Å². The summed E-state index contributed by atoms with van der Waals surface area (Å²) in [5.41, 5.74) is 0. The van der Waals surface area contributed by atoms with Crippen LogP contribution < -0.4 is 0 Å². The first-order valence-electron chi connectivity index (χ1n) is 40.2. The van der Waals surface area contributed by atoms with Gasteiger partial charge in [0.25, 0.3) is 0 Å². The molecule has 0 aromatic heterocycles. The summed E-state index contributed by atoms with van der Waals surface area (Å²) in [6.07, 6.45) is 74.4. The van der Waals surface area contributed by atoms with Crippen LogP contribution in [0.3, 0.4) is 0 Å². The van der Waals surface area contributed by atoms with Crippen LogP contribution in [0.4, 0.5) is 0 Å². The predicted octanol–water partition coefficient (Wildman–Crippen LogP) is 23.2. The van der Waals surface area contributed by atoms with Crippen LogP contribution in [0.15, 0.2) is 72.9 Å². The lowest BCUT2D eigenvalue weighted by atomic mass is 10.1. The Kier molecular flexibility index (Phi) is 71.2. The minimum absolute atomic E-state index is 0.0841. The lowest BCUT2D eigenvalue weighted by Gasteiger charge is -2.21. The molecule has 17 nitrogen and oxygen atoms in total. The van der Waals surface area contributed by atoms with Gasteiger partial charge in [-0.25, -0.2) is 9.13 Å². The van der Waals surface area contributed by atoms with Crippen molar-refractivity contribution < 1.29 is 80.2 Å². The van der Waals surface area contributed by atoms with Gasteiger partial charge in [0.1, 0.15) is 19.3 Å². The molecule has 0 amide bonds. The van der Waals surface area contributed by atoms with E-state index in [2.05, 4.69) is 101 Å². The highest BCUT2D eigenvalue weighted by Crippen LogP contribution is 2.45. The number of hydrogen-bond acceptors (Lipinski definition) is 15. The summed E-state index contributed by atoms with van der Waals surface area (Å²) in [6, 6.07) is 0. The first-order chi connectivity index (χ1) is 48.7. The minimum Gasteiger partial charge on any atom is -0.462 e. The van der Waals surface area contributed by atoms with Crippen LogP contribution in [0.2, 0.25) is 0 Å². The van der Waals surface area contributed by atoms with E-state index in [1.165, 1.54) is 122 Å². The molecule has 0 radical (unpaired) electrons. The Bertz CT molecular complexity index is 2180. The molecule has 0 aliphatic heterocycles. The summed E-state index contributed by atoms with van der Waals surface area (Å²) >= 11 is 0. The summed E-state index contributed by atoms with van der Waals surface area (Å²) in [6.45, 7) is 4.82. The molecule has 0 aromatic rings. The molecule has 0 fully saturated rings. The van der Waals surface area contributed by atoms with E-state index in [1.54, 1.807) is 0 Å². The summed E-state index contributed by atoms with van der Waals surface area (Å²) in [5, 5.41) is 10.6. The molecule has 0 heterocycles. The number of aliphatic hydroxyl groups excluding tert-OH is 1. The van der Waals surface area contributed by atoms with Gasteiger partial charge in [-0.15, -0.1) is 0 Å².